The first-order chi connectivity index (χ1) is 23.3. The predicted octanol–water partition coefficient (Wildman–Crippen LogP) is 4.41. The number of imide groups is 2. The molecule has 3 aliphatic rings. The smallest absolute Gasteiger partial charge is 0.261 e. The number of amides is 4. The molecular weight excluding hydrogens is 606 g/mol. The van der Waals surface area contributed by atoms with Gasteiger partial charge in [-0.2, -0.15) is 0 Å². The van der Waals surface area contributed by atoms with Gasteiger partial charge in [0.25, 0.3) is 23.6 Å². The van der Waals surface area contributed by atoms with E-state index in [-0.39, 0.29) is 36.2 Å². The molecule has 0 radical (unpaired) electrons. The zero-order valence-electron chi connectivity index (χ0n) is 27.5. The molecule has 4 aromatic rings. The predicted molar refractivity (Wildman–Crippen MR) is 186 cm³/mol. The molecule has 0 aliphatic carbocycles. The van der Waals surface area contributed by atoms with E-state index in [1.165, 1.54) is 9.80 Å². The summed E-state index contributed by atoms with van der Waals surface area (Å²) in [6.45, 7) is 10.2. The molecule has 0 saturated carbocycles. The van der Waals surface area contributed by atoms with Crippen LogP contribution in [0.25, 0.3) is 21.5 Å². The fraction of sp³-hybridized carbons (Fsp3) is 0.368. The fourth-order valence-electron chi connectivity index (χ4n) is 7.28. The second-order valence-corrected chi connectivity index (χ2v) is 12.9. The second kappa shape index (κ2) is 13.5. The summed E-state index contributed by atoms with van der Waals surface area (Å²) in [4.78, 5) is 61.0. The van der Waals surface area contributed by atoms with Crippen LogP contribution in [0.3, 0.4) is 0 Å². The molecule has 0 bridgehead atoms. The molecule has 10 heteroatoms. The SMILES string of the molecule is CC(C)N(CCCNCCN1C(=O)c2cccc3c(N4CCOCC4)ccc(c23)C1=O)CCN1C(=O)c2cccc3cccc(c23)C1=O. The van der Waals surface area contributed by atoms with Gasteiger partial charge in [0.2, 0.25) is 0 Å². The molecule has 1 fully saturated rings. The van der Waals surface area contributed by atoms with Gasteiger partial charge in [0.15, 0.2) is 0 Å². The molecule has 3 aliphatic heterocycles. The first kappa shape index (κ1) is 31.9. The Bertz CT molecular complexity index is 1840. The highest BCUT2D eigenvalue weighted by atomic mass is 16.5. The van der Waals surface area contributed by atoms with E-state index < -0.39 is 0 Å². The number of hydrogen-bond donors (Lipinski definition) is 1. The molecule has 248 valence electrons. The van der Waals surface area contributed by atoms with Gasteiger partial charge in [-0.15, -0.1) is 0 Å². The number of anilines is 1. The van der Waals surface area contributed by atoms with E-state index in [4.69, 9.17) is 4.74 Å². The lowest BCUT2D eigenvalue weighted by atomic mass is 9.92. The summed E-state index contributed by atoms with van der Waals surface area (Å²) < 4.78 is 5.51. The molecule has 4 amide bonds. The topological polar surface area (TPSA) is 102 Å². The quantitative estimate of drug-likeness (QED) is 0.178. The highest BCUT2D eigenvalue weighted by molar-refractivity contribution is 6.27. The van der Waals surface area contributed by atoms with E-state index in [0.29, 0.717) is 61.6 Å². The zero-order valence-corrected chi connectivity index (χ0v) is 27.5. The summed E-state index contributed by atoms with van der Waals surface area (Å²) in [6.07, 6.45) is 0.830. The molecule has 0 atom stereocenters. The minimum Gasteiger partial charge on any atom is -0.378 e. The molecule has 48 heavy (non-hydrogen) atoms. The van der Waals surface area contributed by atoms with Crippen molar-refractivity contribution in [2.45, 2.75) is 26.3 Å². The zero-order chi connectivity index (χ0) is 33.4. The highest BCUT2D eigenvalue weighted by Crippen LogP contribution is 2.36. The lowest BCUT2D eigenvalue weighted by Gasteiger charge is -2.32. The first-order valence-electron chi connectivity index (χ1n) is 16.9. The molecule has 10 nitrogen and oxygen atoms in total. The van der Waals surface area contributed by atoms with Crippen molar-refractivity contribution in [3.63, 3.8) is 0 Å². The third-order valence-electron chi connectivity index (χ3n) is 9.83. The van der Waals surface area contributed by atoms with Crippen LogP contribution in [0.1, 0.15) is 61.7 Å². The Morgan fingerprint density at radius 3 is 1.92 bits per heavy atom. The summed E-state index contributed by atoms with van der Waals surface area (Å²) in [7, 11) is 0. The Labute approximate surface area is 280 Å². The molecular formula is C38H41N5O5. The van der Waals surface area contributed by atoms with Gasteiger partial charge in [-0.05, 0) is 69.1 Å². The number of carbonyl (C=O) groups excluding carboxylic acids is 4. The van der Waals surface area contributed by atoms with Gasteiger partial charge in [-0.1, -0.05) is 36.4 Å². The first-order valence-corrected chi connectivity index (χ1v) is 16.9. The monoisotopic (exact) mass is 647 g/mol. The normalized spacial score (nSPS) is 16.4. The van der Waals surface area contributed by atoms with Crippen molar-refractivity contribution in [1.82, 2.24) is 20.0 Å². The Hall–Kier alpha value is -4.64. The van der Waals surface area contributed by atoms with Gasteiger partial charge in [0.1, 0.15) is 0 Å². The van der Waals surface area contributed by atoms with E-state index in [1.807, 2.05) is 54.6 Å². The van der Waals surface area contributed by atoms with Crippen molar-refractivity contribution in [3.8, 4) is 0 Å². The fourth-order valence-corrected chi connectivity index (χ4v) is 7.28. The Kier molecular flexibility index (Phi) is 8.96. The summed E-state index contributed by atoms with van der Waals surface area (Å²) in [6, 6.07) is 21.0. The largest absolute Gasteiger partial charge is 0.378 e. The van der Waals surface area contributed by atoms with Crippen LogP contribution in [0, 0.1) is 0 Å². The van der Waals surface area contributed by atoms with E-state index in [2.05, 4.69) is 29.0 Å². The van der Waals surface area contributed by atoms with E-state index in [9.17, 15) is 19.2 Å². The number of ether oxygens (including phenoxy) is 1. The molecule has 1 saturated heterocycles. The number of morpholine rings is 1. The molecule has 3 heterocycles. The molecule has 7 rings (SSSR count). The Balaban J connectivity index is 0.919. The lowest BCUT2D eigenvalue weighted by molar-refractivity contribution is 0.0579. The Morgan fingerprint density at radius 1 is 0.688 bits per heavy atom. The summed E-state index contributed by atoms with van der Waals surface area (Å²) in [5.74, 6) is -1.00. The standard InChI is InChI=1S/C38H41N5O5/c1-25(2)40(19-20-43-35(44)28-10-3-7-26-8-4-11-29(33(26)28)36(43)45)17-6-15-39-16-18-42-37(46)30-12-5-9-27-32(41-21-23-48-24-22-41)14-13-31(34(27)30)38(42)47/h3-5,7-14,25,39H,6,15-24H2,1-2H3. The van der Waals surface area contributed by atoms with Crippen molar-refractivity contribution < 1.29 is 23.9 Å². The van der Waals surface area contributed by atoms with Crippen molar-refractivity contribution >= 4 is 50.9 Å². The van der Waals surface area contributed by atoms with Crippen LogP contribution in [0.4, 0.5) is 5.69 Å². The van der Waals surface area contributed by atoms with Crippen LogP contribution in [0.15, 0.2) is 66.7 Å². The lowest BCUT2D eigenvalue weighted by Crippen LogP contribution is -2.46. The third kappa shape index (κ3) is 5.74. The number of rotatable bonds is 12. The van der Waals surface area contributed by atoms with Crippen molar-refractivity contribution in [2.75, 3.05) is 70.5 Å². The van der Waals surface area contributed by atoms with Crippen LogP contribution in [0.2, 0.25) is 0 Å². The number of benzene rings is 4. The molecule has 1 N–H and O–H groups in total. The van der Waals surface area contributed by atoms with Gasteiger partial charge in [-0.3, -0.25) is 33.9 Å². The number of nitrogens with one attached hydrogen (secondary N) is 1. The van der Waals surface area contributed by atoms with Crippen molar-refractivity contribution in [1.29, 1.82) is 0 Å². The summed E-state index contributed by atoms with van der Waals surface area (Å²) in [5.41, 5.74) is 3.31. The molecule has 4 aromatic carbocycles. The van der Waals surface area contributed by atoms with E-state index >= 15 is 0 Å². The van der Waals surface area contributed by atoms with Crippen LogP contribution in [-0.4, -0.2) is 110 Å². The van der Waals surface area contributed by atoms with Gasteiger partial charge in [0, 0.05) is 89.4 Å². The van der Waals surface area contributed by atoms with E-state index in [1.54, 1.807) is 12.1 Å². The summed E-state index contributed by atoms with van der Waals surface area (Å²) in [5, 5.41) is 6.71. The van der Waals surface area contributed by atoms with Crippen molar-refractivity contribution in [3.05, 3.63) is 89.0 Å². The van der Waals surface area contributed by atoms with Gasteiger partial charge >= 0.3 is 0 Å². The van der Waals surface area contributed by atoms with Crippen LogP contribution < -0.4 is 10.2 Å². The summed E-state index contributed by atoms with van der Waals surface area (Å²) >= 11 is 0. The van der Waals surface area contributed by atoms with Crippen LogP contribution >= 0.6 is 0 Å². The average molecular weight is 648 g/mol. The minimum absolute atomic E-state index is 0.228. The minimum atomic E-state index is -0.259. The number of nitrogens with zero attached hydrogens (tertiary/aromatic N) is 4. The van der Waals surface area contributed by atoms with Gasteiger partial charge in [-0.25, -0.2) is 0 Å². The van der Waals surface area contributed by atoms with Crippen LogP contribution in [0.5, 0.6) is 0 Å². The third-order valence-corrected chi connectivity index (χ3v) is 9.83. The average Bonchev–Trinajstić information content (AvgIpc) is 3.11. The molecule has 0 aromatic heterocycles. The molecule has 0 unspecified atom stereocenters. The second-order valence-electron chi connectivity index (χ2n) is 12.9. The van der Waals surface area contributed by atoms with Crippen molar-refractivity contribution in [2.24, 2.45) is 0 Å². The van der Waals surface area contributed by atoms with Crippen LogP contribution in [-0.2, 0) is 4.74 Å². The maximum Gasteiger partial charge on any atom is 0.261 e. The Morgan fingerprint density at radius 2 is 1.27 bits per heavy atom. The maximum atomic E-state index is 13.5. The number of carbonyl (C=O) groups is 4. The highest BCUT2D eigenvalue weighted by Gasteiger charge is 2.34. The van der Waals surface area contributed by atoms with Gasteiger partial charge in [0.05, 0.1) is 13.2 Å². The number of hydrogen-bond acceptors (Lipinski definition) is 8. The molecule has 0 spiro atoms. The van der Waals surface area contributed by atoms with Gasteiger partial charge < -0.3 is 15.0 Å². The van der Waals surface area contributed by atoms with E-state index in [0.717, 1.165) is 53.3 Å². The maximum absolute atomic E-state index is 13.5.